The number of hydrogen-bond donors (Lipinski definition) is 2. The fourth-order valence-corrected chi connectivity index (χ4v) is 1.67. The van der Waals surface area contributed by atoms with Crippen molar-refractivity contribution in [3.05, 3.63) is 36.1 Å². The maximum Gasteiger partial charge on any atom is 0.356 e. The summed E-state index contributed by atoms with van der Waals surface area (Å²) in [6.07, 6.45) is 4.63. The number of nitrogens with zero attached hydrogens (tertiary/aromatic N) is 4. The number of aryl methyl sites for hydroxylation is 1. The highest BCUT2D eigenvalue weighted by Gasteiger charge is 2.09. The quantitative estimate of drug-likeness (QED) is 0.825. The molecule has 2 heterocycles. The van der Waals surface area contributed by atoms with Gasteiger partial charge in [-0.15, -0.1) is 0 Å². The molecule has 2 aromatic heterocycles. The number of carboxylic acid groups (broad SMARTS) is 1. The smallest absolute Gasteiger partial charge is 0.356 e. The second kappa shape index (κ2) is 6.09. The van der Waals surface area contributed by atoms with Gasteiger partial charge >= 0.3 is 5.97 Å². The van der Waals surface area contributed by atoms with Crippen LogP contribution in [0.5, 0.6) is 0 Å². The van der Waals surface area contributed by atoms with Gasteiger partial charge in [0, 0.05) is 19.3 Å². The summed E-state index contributed by atoms with van der Waals surface area (Å²) < 4.78 is 15.4. The third-order valence-electron chi connectivity index (χ3n) is 2.71. The largest absolute Gasteiger partial charge is 0.476 e. The van der Waals surface area contributed by atoms with Crippen LogP contribution in [0.4, 0.5) is 10.2 Å². The van der Waals surface area contributed by atoms with Crippen molar-refractivity contribution in [3.63, 3.8) is 0 Å². The van der Waals surface area contributed by atoms with Crippen LogP contribution in [-0.2, 0) is 13.0 Å². The summed E-state index contributed by atoms with van der Waals surface area (Å²) in [7, 11) is 0. The zero-order valence-electron chi connectivity index (χ0n) is 10.9. The second-order valence-corrected chi connectivity index (χ2v) is 4.07. The Kier molecular flexibility index (Phi) is 4.24. The predicted octanol–water partition coefficient (Wildman–Crippen LogP) is 1.18. The first-order valence-corrected chi connectivity index (χ1v) is 6.10. The Labute approximate surface area is 114 Å². The van der Waals surface area contributed by atoms with Gasteiger partial charge in [0.1, 0.15) is 6.33 Å². The fourth-order valence-electron chi connectivity index (χ4n) is 1.67. The van der Waals surface area contributed by atoms with Gasteiger partial charge in [-0.2, -0.15) is 0 Å². The van der Waals surface area contributed by atoms with Crippen LogP contribution in [0.15, 0.2) is 18.9 Å². The predicted molar refractivity (Wildman–Crippen MR) is 69.0 cm³/mol. The molecule has 106 valence electrons. The molecule has 0 aliphatic carbocycles. The minimum atomic E-state index is -1.08. The van der Waals surface area contributed by atoms with Crippen LogP contribution >= 0.6 is 0 Å². The molecular formula is C12H14FN5O2. The second-order valence-electron chi connectivity index (χ2n) is 4.07. The van der Waals surface area contributed by atoms with Crippen molar-refractivity contribution in [3.8, 4) is 0 Å². The van der Waals surface area contributed by atoms with E-state index in [0.29, 0.717) is 25.2 Å². The van der Waals surface area contributed by atoms with Crippen LogP contribution in [0.2, 0.25) is 0 Å². The van der Waals surface area contributed by atoms with Gasteiger partial charge in [-0.1, -0.05) is 6.92 Å². The number of imidazole rings is 1. The fraction of sp³-hybridized carbons (Fsp3) is 0.333. The normalized spacial score (nSPS) is 10.5. The molecule has 2 aromatic rings. The summed E-state index contributed by atoms with van der Waals surface area (Å²) in [5.41, 5.74) is 0.338. The molecule has 8 heteroatoms. The first kappa shape index (κ1) is 13.9. The highest BCUT2D eigenvalue weighted by molar-refractivity contribution is 5.84. The molecule has 0 aliphatic rings. The Morgan fingerprint density at radius 3 is 2.90 bits per heavy atom. The standard InChI is InChI=1S/C12H14FN5O2/c1-2-8-10(13)11(16-6-15-8)14-3-4-18-5-9(12(19)20)17-7-18/h5-7H,2-4H2,1H3,(H,19,20)(H,14,15,16). The Morgan fingerprint density at radius 2 is 2.25 bits per heavy atom. The molecule has 2 N–H and O–H groups in total. The van der Waals surface area contributed by atoms with Gasteiger partial charge in [-0.25, -0.2) is 24.1 Å². The molecule has 0 fully saturated rings. The Balaban J connectivity index is 1.94. The average Bonchev–Trinajstić information content (AvgIpc) is 2.90. The first-order chi connectivity index (χ1) is 9.61. The summed E-state index contributed by atoms with van der Waals surface area (Å²) in [5, 5.41) is 11.6. The number of aromatic nitrogens is 4. The van der Waals surface area contributed by atoms with Crippen molar-refractivity contribution in [2.75, 3.05) is 11.9 Å². The number of nitrogens with one attached hydrogen (secondary N) is 1. The lowest BCUT2D eigenvalue weighted by Gasteiger charge is -2.08. The Bertz CT molecular complexity index is 614. The van der Waals surface area contributed by atoms with Gasteiger partial charge in [-0.05, 0) is 6.42 Å². The first-order valence-electron chi connectivity index (χ1n) is 6.10. The summed E-state index contributed by atoms with van der Waals surface area (Å²) in [6.45, 7) is 2.66. The van der Waals surface area contributed by atoms with Gasteiger partial charge in [-0.3, -0.25) is 0 Å². The van der Waals surface area contributed by atoms with Gasteiger partial charge in [0.25, 0.3) is 0 Å². The van der Waals surface area contributed by atoms with Crippen molar-refractivity contribution in [1.29, 1.82) is 0 Å². The van der Waals surface area contributed by atoms with E-state index in [1.807, 2.05) is 6.92 Å². The molecule has 0 saturated carbocycles. The molecule has 0 aliphatic heterocycles. The van der Waals surface area contributed by atoms with Crippen molar-refractivity contribution in [1.82, 2.24) is 19.5 Å². The molecule has 2 rings (SSSR count). The number of rotatable bonds is 6. The molecule has 20 heavy (non-hydrogen) atoms. The van der Waals surface area contributed by atoms with Crippen LogP contribution < -0.4 is 5.32 Å². The minimum absolute atomic E-state index is 0.0218. The SMILES string of the molecule is CCc1ncnc(NCCn2cnc(C(=O)O)c2)c1F. The van der Waals surface area contributed by atoms with E-state index in [1.54, 1.807) is 4.57 Å². The van der Waals surface area contributed by atoms with E-state index in [2.05, 4.69) is 20.3 Å². The van der Waals surface area contributed by atoms with Crippen LogP contribution in [-0.4, -0.2) is 37.1 Å². The Hall–Kier alpha value is -2.51. The lowest BCUT2D eigenvalue weighted by molar-refractivity contribution is 0.0691. The topological polar surface area (TPSA) is 92.9 Å². The maximum atomic E-state index is 13.8. The number of carbonyl (C=O) groups is 1. The summed E-state index contributed by atoms with van der Waals surface area (Å²) in [4.78, 5) is 22.1. The molecule has 0 unspecified atom stereocenters. The number of aromatic carboxylic acids is 1. The summed E-state index contributed by atoms with van der Waals surface area (Å²) >= 11 is 0. The highest BCUT2D eigenvalue weighted by atomic mass is 19.1. The van der Waals surface area contributed by atoms with Crippen molar-refractivity contribution in [2.24, 2.45) is 0 Å². The highest BCUT2D eigenvalue weighted by Crippen LogP contribution is 2.12. The van der Waals surface area contributed by atoms with E-state index in [9.17, 15) is 9.18 Å². The van der Waals surface area contributed by atoms with E-state index in [0.717, 1.165) is 0 Å². The van der Waals surface area contributed by atoms with Crippen LogP contribution in [0.1, 0.15) is 23.1 Å². The zero-order valence-corrected chi connectivity index (χ0v) is 10.9. The van der Waals surface area contributed by atoms with E-state index in [1.165, 1.54) is 18.9 Å². The van der Waals surface area contributed by atoms with Crippen LogP contribution in [0.3, 0.4) is 0 Å². The summed E-state index contributed by atoms with van der Waals surface area (Å²) in [6, 6.07) is 0. The monoisotopic (exact) mass is 279 g/mol. The molecule has 0 spiro atoms. The van der Waals surface area contributed by atoms with Crippen LogP contribution in [0.25, 0.3) is 0 Å². The van der Waals surface area contributed by atoms with E-state index in [4.69, 9.17) is 5.11 Å². The Morgan fingerprint density at radius 1 is 1.45 bits per heavy atom. The number of halogens is 1. The van der Waals surface area contributed by atoms with Gasteiger partial charge in [0.15, 0.2) is 17.3 Å². The van der Waals surface area contributed by atoms with Crippen molar-refractivity contribution in [2.45, 2.75) is 19.9 Å². The molecule has 0 amide bonds. The lowest BCUT2D eigenvalue weighted by Crippen LogP contribution is -2.12. The molecule has 0 atom stereocenters. The molecule has 0 aromatic carbocycles. The van der Waals surface area contributed by atoms with Crippen LogP contribution in [0, 0.1) is 5.82 Å². The number of carboxylic acids is 1. The molecule has 0 bridgehead atoms. The van der Waals surface area contributed by atoms with E-state index < -0.39 is 11.8 Å². The minimum Gasteiger partial charge on any atom is -0.476 e. The van der Waals surface area contributed by atoms with E-state index >= 15 is 0 Å². The number of anilines is 1. The molecule has 0 saturated heterocycles. The van der Waals surface area contributed by atoms with Gasteiger partial charge in [0.05, 0.1) is 12.0 Å². The lowest BCUT2D eigenvalue weighted by atomic mass is 10.3. The van der Waals surface area contributed by atoms with Gasteiger partial charge in [0.2, 0.25) is 0 Å². The molecular weight excluding hydrogens is 265 g/mol. The zero-order chi connectivity index (χ0) is 14.5. The molecule has 0 radical (unpaired) electrons. The third kappa shape index (κ3) is 3.08. The van der Waals surface area contributed by atoms with E-state index in [-0.39, 0.29) is 11.5 Å². The third-order valence-corrected chi connectivity index (χ3v) is 2.71. The van der Waals surface area contributed by atoms with Crippen molar-refractivity contribution >= 4 is 11.8 Å². The average molecular weight is 279 g/mol. The number of hydrogen-bond acceptors (Lipinski definition) is 5. The maximum absolute atomic E-state index is 13.8. The van der Waals surface area contributed by atoms with Gasteiger partial charge < -0.3 is 15.0 Å². The molecule has 7 nitrogen and oxygen atoms in total. The van der Waals surface area contributed by atoms with Crippen molar-refractivity contribution < 1.29 is 14.3 Å². The summed E-state index contributed by atoms with van der Waals surface area (Å²) in [5.74, 6) is -1.38.